The summed E-state index contributed by atoms with van der Waals surface area (Å²) in [5.41, 5.74) is 3.26. The van der Waals surface area contributed by atoms with E-state index in [2.05, 4.69) is 47.1 Å². The number of anilines is 3. The lowest BCUT2D eigenvalue weighted by Crippen LogP contribution is -2.38. The third-order valence-corrected chi connectivity index (χ3v) is 9.12. The number of hydrogen-bond donors (Lipinski definition) is 2. The number of thiazole rings is 1. The molecule has 8 heteroatoms. The van der Waals surface area contributed by atoms with Gasteiger partial charge in [0.2, 0.25) is 0 Å². The number of rotatable bonds is 8. The zero-order chi connectivity index (χ0) is 26.5. The highest BCUT2D eigenvalue weighted by molar-refractivity contribution is 7.18. The number of aryl methyl sites for hydroxylation is 1. The molecule has 198 valence electrons. The molecule has 3 heterocycles. The lowest BCUT2D eigenvalue weighted by Gasteiger charge is -2.37. The molecule has 0 aromatic carbocycles. The number of nitrogens with zero attached hydrogens (tertiary/aromatic N) is 5. The second-order valence-electron chi connectivity index (χ2n) is 10.7. The van der Waals surface area contributed by atoms with Crippen molar-refractivity contribution in [1.82, 2.24) is 20.3 Å². The van der Waals surface area contributed by atoms with Crippen LogP contribution in [0.3, 0.4) is 0 Å². The smallest absolute Gasteiger partial charge is 0.185 e. The third kappa shape index (κ3) is 6.33. The van der Waals surface area contributed by atoms with Crippen molar-refractivity contribution < 1.29 is 0 Å². The average Bonchev–Trinajstić information content (AvgIpc) is 3.44. The molecule has 0 saturated heterocycles. The van der Waals surface area contributed by atoms with Gasteiger partial charge in [-0.25, -0.2) is 15.0 Å². The summed E-state index contributed by atoms with van der Waals surface area (Å²) in [6, 6.07) is 13.4. The first-order valence-corrected chi connectivity index (χ1v) is 14.5. The Morgan fingerprint density at radius 3 is 2.58 bits per heavy atom. The Labute approximate surface area is 230 Å². The Balaban J connectivity index is 1.14. The molecule has 2 saturated carbocycles. The number of aromatic nitrogens is 3. The van der Waals surface area contributed by atoms with Gasteiger partial charge in [-0.2, -0.15) is 5.26 Å². The topological polar surface area (TPSA) is 89.8 Å². The molecule has 2 fully saturated rings. The van der Waals surface area contributed by atoms with E-state index < -0.39 is 0 Å². The maximum absolute atomic E-state index is 9.14. The predicted molar refractivity (Wildman–Crippen MR) is 155 cm³/mol. The number of nitrogens with one attached hydrogen (secondary N) is 2. The van der Waals surface area contributed by atoms with Gasteiger partial charge < -0.3 is 15.5 Å². The standard InChI is InChI=1S/C30H37N7S/c1-20-15-16-32-29(17-20)36-28-6-4-5-26(35-28)27-19-33-30(38-27)37(3)25-13-9-23(10-14-25)21(2)34-24-11-7-22(18-31)8-12-24/h4-6,15-17,19,22-25,34H,2,7-14H2,1,3H3,(H,32,35,36). The minimum absolute atomic E-state index is 0.242. The van der Waals surface area contributed by atoms with E-state index in [1.54, 1.807) is 17.5 Å². The van der Waals surface area contributed by atoms with Crippen LogP contribution in [0.25, 0.3) is 10.6 Å². The molecule has 0 atom stereocenters. The summed E-state index contributed by atoms with van der Waals surface area (Å²) in [5.74, 6) is 2.34. The average molecular weight is 528 g/mol. The summed E-state index contributed by atoms with van der Waals surface area (Å²) >= 11 is 1.69. The monoisotopic (exact) mass is 527 g/mol. The summed E-state index contributed by atoms with van der Waals surface area (Å²) in [6.45, 7) is 6.45. The van der Waals surface area contributed by atoms with Gasteiger partial charge in [0.15, 0.2) is 5.13 Å². The Morgan fingerprint density at radius 2 is 1.84 bits per heavy atom. The molecular formula is C30H37N7S. The SMILES string of the molecule is C=C(NC1CCC(C#N)CC1)C1CCC(N(C)c2ncc(-c3cccc(Nc4cc(C)ccn4)n3)s2)CC1. The van der Waals surface area contributed by atoms with E-state index in [1.807, 2.05) is 36.5 Å². The molecule has 2 aliphatic carbocycles. The molecule has 2 aliphatic rings. The van der Waals surface area contributed by atoms with Gasteiger partial charge in [-0.1, -0.05) is 24.0 Å². The fraction of sp³-hybridized carbons (Fsp3) is 0.467. The van der Waals surface area contributed by atoms with Crippen LogP contribution in [0, 0.1) is 30.1 Å². The van der Waals surface area contributed by atoms with Crippen molar-refractivity contribution in [2.24, 2.45) is 11.8 Å². The Bertz CT molecular complexity index is 1280. The second-order valence-corrected chi connectivity index (χ2v) is 11.7. The van der Waals surface area contributed by atoms with E-state index in [0.717, 1.165) is 84.3 Å². The quantitative estimate of drug-likeness (QED) is 0.332. The van der Waals surface area contributed by atoms with Crippen molar-refractivity contribution in [3.05, 3.63) is 60.6 Å². The second kappa shape index (κ2) is 12.0. The first kappa shape index (κ1) is 26.2. The van der Waals surface area contributed by atoms with Crippen molar-refractivity contribution >= 4 is 28.1 Å². The molecule has 0 aliphatic heterocycles. The number of pyridine rings is 2. The van der Waals surface area contributed by atoms with Gasteiger partial charge in [0.1, 0.15) is 11.6 Å². The van der Waals surface area contributed by atoms with Crippen molar-refractivity contribution in [1.29, 1.82) is 5.26 Å². The van der Waals surface area contributed by atoms with Crippen LogP contribution in [0.15, 0.2) is 55.0 Å². The molecule has 38 heavy (non-hydrogen) atoms. The zero-order valence-electron chi connectivity index (χ0n) is 22.4. The predicted octanol–water partition coefficient (Wildman–Crippen LogP) is 6.83. The molecule has 0 spiro atoms. The van der Waals surface area contributed by atoms with Gasteiger partial charge in [-0.3, -0.25) is 0 Å². The Hall–Kier alpha value is -3.44. The van der Waals surface area contributed by atoms with Gasteiger partial charge in [0.05, 0.1) is 16.6 Å². The van der Waals surface area contributed by atoms with Crippen molar-refractivity contribution in [2.45, 2.75) is 70.4 Å². The largest absolute Gasteiger partial charge is 0.386 e. The van der Waals surface area contributed by atoms with Crippen molar-refractivity contribution in [3.8, 4) is 16.6 Å². The molecule has 3 aromatic rings. The summed E-state index contributed by atoms with van der Waals surface area (Å²) in [5, 5.41) is 17.2. The molecule has 0 bridgehead atoms. The first-order chi connectivity index (χ1) is 18.5. The number of hydrogen-bond acceptors (Lipinski definition) is 8. The van der Waals surface area contributed by atoms with Crippen LogP contribution in [-0.2, 0) is 0 Å². The van der Waals surface area contributed by atoms with E-state index in [0.29, 0.717) is 18.0 Å². The van der Waals surface area contributed by atoms with E-state index in [9.17, 15) is 0 Å². The van der Waals surface area contributed by atoms with Crippen molar-refractivity contribution in [2.75, 3.05) is 17.3 Å². The highest BCUT2D eigenvalue weighted by Gasteiger charge is 2.29. The van der Waals surface area contributed by atoms with Crippen LogP contribution in [0.1, 0.15) is 56.9 Å². The van der Waals surface area contributed by atoms with Crippen LogP contribution in [0.5, 0.6) is 0 Å². The summed E-state index contributed by atoms with van der Waals surface area (Å²) in [6.07, 6.45) is 12.5. The lowest BCUT2D eigenvalue weighted by molar-refractivity contribution is 0.307. The van der Waals surface area contributed by atoms with Crippen LogP contribution in [0.2, 0.25) is 0 Å². The summed E-state index contributed by atoms with van der Waals surface area (Å²) < 4.78 is 0. The zero-order valence-corrected chi connectivity index (χ0v) is 23.2. The first-order valence-electron chi connectivity index (χ1n) is 13.7. The summed E-state index contributed by atoms with van der Waals surface area (Å²) in [4.78, 5) is 17.4. The lowest BCUT2D eigenvalue weighted by atomic mass is 9.82. The number of allylic oxidation sites excluding steroid dienone is 1. The number of nitriles is 1. The normalized spacial score (nSPS) is 23.3. The Kier molecular flexibility index (Phi) is 8.23. The molecule has 5 rings (SSSR count). The van der Waals surface area contributed by atoms with E-state index in [-0.39, 0.29) is 5.92 Å². The van der Waals surface area contributed by atoms with Crippen LogP contribution in [-0.4, -0.2) is 34.1 Å². The van der Waals surface area contributed by atoms with E-state index in [1.165, 1.54) is 5.70 Å². The summed E-state index contributed by atoms with van der Waals surface area (Å²) in [7, 11) is 2.17. The molecule has 0 radical (unpaired) electrons. The fourth-order valence-electron chi connectivity index (χ4n) is 5.64. The van der Waals surface area contributed by atoms with E-state index >= 15 is 0 Å². The van der Waals surface area contributed by atoms with Crippen molar-refractivity contribution in [3.63, 3.8) is 0 Å². The van der Waals surface area contributed by atoms with Gasteiger partial charge >= 0.3 is 0 Å². The van der Waals surface area contributed by atoms with Crippen LogP contribution >= 0.6 is 11.3 Å². The highest BCUT2D eigenvalue weighted by Crippen LogP contribution is 2.36. The highest BCUT2D eigenvalue weighted by atomic mass is 32.1. The minimum atomic E-state index is 0.242. The van der Waals surface area contributed by atoms with Gasteiger partial charge in [-0.15, -0.1) is 0 Å². The van der Waals surface area contributed by atoms with Crippen LogP contribution in [0.4, 0.5) is 16.8 Å². The van der Waals surface area contributed by atoms with Gasteiger partial charge in [-0.05, 0) is 94.0 Å². The fourth-order valence-corrected chi connectivity index (χ4v) is 6.56. The maximum Gasteiger partial charge on any atom is 0.185 e. The van der Waals surface area contributed by atoms with Gasteiger partial charge in [0.25, 0.3) is 0 Å². The van der Waals surface area contributed by atoms with Crippen LogP contribution < -0.4 is 15.5 Å². The molecule has 7 nitrogen and oxygen atoms in total. The Morgan fingerprint density at radius 1 is 1.05 bits per heavy atom. The minimum Gasteiger partial charge on any atom is -0.386 e. The third-order valence-electron chi connectivity index (χ3n) is 8.00. The maximum atomic E-state index is 9.14. The van der Waals surface area contributed by atoms with E-state index in [4.69, 9.17) is 15.2 Å². The molecule has 3 aromatic heterocycles. The molecule has 2 N–H and O–H groups in total. The molecular weight excluding hydrogens is 490 g/mol. The molecule has 0 amide bonds. The van der Waals surface area contributed by atoms with Gasteiger partial charge in [0, 0.05) is 43.1 Å². The molecule has 0 unspecified atom stereocenters.